The van der Waals surface area contributed by atoms with Crippen LogP contribution in [0.3, 0.4) is 0 Å². The monoisotopic (exact) mass is 245 g/mol. The van der Waals surface area contributed by atoms with E-state index in [0.29, 0.717) is 0 Å². The molecule has 7 nitrogen and oxygen atoms in total. The van der Waals surface area contributed by atoms with Crippen LogP contribution < -0.4 is 10.2 Å². The minimum Gasteiger partial charge on any atom is -0.490 e. The number of hydrogen-bond acceptors (Lipinski definition) is 5. The molecule has 0 fully saturated rings. The Kier molecular flexibility index (Phi) is 2.69. The van der Waals surface area contributed by atoms with Gasteiger partial charge in [0.25, 0.3) is 0 Å². The van der Waals surface area contributed by atoms with Gasteiger partial charge in [0.15, 0.2) is 5.75 Å². The van der Waals surface area contributed by atoms with Gasteiger partial charge in [0, 0.05) is 18.3 Å². The maximum Gasteiger partial charge on any atom is 0.313 e. The van der Waals surface area contributed by atoms with Crippen LogP contribution in [0, 0.1) is 21.4 Å². The lowest BCUT2D eigenvalue weighted by atomic mass is 10.1. The van der Waals surface area contributed by atoms with Crippen molar-refractivity contribution in [3.05, 3.63) is 44.2 Å². The first kappa shape index (κ1) is 11.6. The summed E-state index contributed by atoms with van der Waals surface area (Å²) in [6.07, 6.45) is 1.22. The fourth-order valence-corrected chi connectivity index (χ4v) is 1.63. The van der Waals surface area contributed by atoms with Crippen molar-refractivity contribution in [3.8, 4) is 11.8 Å². The normalized spacial score (nSPS) is 10.0. The Morgan fingerprint density at radius 1 is 1.50 bits per heavy atom. The molecular weight excluding hydrogens is 238 g/mol. The number of benzene rings is 1. The molecule has 0 spiro atoms. The molecule has 0 unspecified atom stereocenters. The van der Waals surface area contributed by atoms with Crippen molar-refractivity contribution in [1.29, 1.82) is 5.26 Å². The first-order valence-corrected chi connectivity index (χ1v) is 4.86. The number of nitro groups is 1. The van der Waals surface area contributed by atoms with Crippen molar-refractivity contribution in [2.75, 3.05) is 7.11 Å². The van der Waals surface area contributed by atoms with Gasteiger partial charge in [-0.2, -0.15) is 5.26 Å². The van der Waals surface area contributed by atoms with E-state index in [1.807, 2.05) is 0 Å². The Balaban J connectivity index is 2.89. The summed E-state index contributed by atoms with van der Waals surface area (Å²) in [5, 5.41) is 19.7. The zero-order chi connectivity index (χ0) is 13.3. The molecule has 0 aliphatic heterocycles. The fraction of sp³-hybridized carbons (Fsp3) is 0.0909. The second-order valence-electron chi connectivity index (χ2n) is 3.47. The number of nitriles is 1. The standard InChI is InChI=1S/C11H7N3O4/c1-18-10-2-7-8(3-9(10)14(16)17)13-5-6(4-12)11(7)15/h2-3,5H,1H3,(H,13,15). The van der Waals surface area contributed by atoms with Crippen molar-refractivity contribution >= 4 is 16.6 Å². The summed E-state index contributed by atoms with van der Waals surface area (Å²) in [7, 11) is 1.27. The first-order chi connectivity index (χ1) is 8.58. The third kappa shape index (κ3) is 1.66. The molecule has 1 N–H and O–H groups in total. The van der Waals surface area contributed by atoms with Crippen LogP contribution >= 0.6 is 0 Å². The molecule has 7 heteroatoms. The molecule has 0 aliphatic rings. The van der Waals surface area contributed by atoms with E-state index in [0.717, 1.165) is 0 Å². The van der Waals surface area contributed by atoms with E-state index in [2.05, 4.69) is 4.98 Å². The summed E-state index contributed by atoms with van der Waals surface area (Å²) in [6.45, 7) is 0. The Bertz CT molecular complexity index is 742. The number of methoxy groups -OCH3 is 1. The minimum atomic E-state index is -0.602. The smallest absolute Gasteiger partial charge is 0.313 e. The second-order valence-corrected chi connectivity index (χ2v) is 3.47. The zero-order valence-corrected chi connectivity index (χ0v) is 9.26. The molecule has 0 bridgehead atoms. The average Bonchev–Trinajstić information content (AvgIpc) is 2.38. The highest BCUT2D eigenvalue weighted by atomic mass is 16.6. The molecular formula is C11H7N3O4. The number of aromatic amines is 1. The molecule has 2 aromatic rings. The molecule has 0 aliphatic carbocycles. The molecule has 1 aromatic carbocycles. The number of ether oxygens (including phenoxy) is 1. The number of hydrogen-bond donors (Lipinski definition) is 1. The number of nitro benzene ring substituents is 1. The first-order valence-electron chi connectivity index (χ1n) is 4.86. The van der Waals surface area contributed by atoms with Gasteiger partial charge in [0.1, 0.15) is 11.6 Å². The number of fused-ring (bicyclic) bond motifs is 1. The van der Waals surface area contributed by atoms with E-state index in [1.54, 1.807) is 6.07 Å². The third-order valence-electron chi connectivity index (χ3n) is 2.50. The second kappa shape index (κ2) is 4.18. The molecule has 0 saturated heterocycles. The van der Waals surface area contributed by atoms with E-state index >= 15 is 0 Å². The van der Waals surface area contributed by atoms with Crippen molar-refractivity contribution in [2.24, 2.45) is 0 Å². The van der Waals surface area contributed by atoms with Gasteiger partial charge in [-0.05, 0) is 0 Å². The van der Waals surface area contributed by atoms with Crippen LogP contribution in [0.1, 0.15) is 5.56 Å². The summed E-state index contributed by atoms with van der Waals surface area (Å²) < 4.78 is 4.87. The summed E-state index contributed by atoms with van der Waals surface area (Å²) in [4.78, 5) is 24.7. The topological polar surface area (TPSA) is 109 Å². The van der Waals surface area contributed by atoms with Crippen LogP contribution in [0.4, 0.5) is 5.69 Å². The summed E-state index contributed by atoms with van der Waals surface area (Å²) in [6, 6.07) is 4.21. The highest BCUT2D eigenvalue weighted by Crippen LogP contribution is 2.29. The SMILES string of the molecule is COc1cc2c(=O)c(C#N)c[nH]c2cc1[N+](=O)[O-]. The predicted octanol–water partition coefficient (Wildman–Crippen LogP) is 1.32. The summed E-state index contributed by atoms with van der Waals surface area (Å²) in [5.41, 5.74) is -0.505. The van der Waals surface area contributed by atoms with Crippen molar-refractivity contribution in [1.82, 2.24) is 4.98 Å². The van der Waals surface area contributed by atoms with Gasteiger partial charge in [-0.3, -0.25) is 14.9 Å². The quantitative estimate of drug-likeness (QED) is 0.633. The maximum absolute atomic E-state index is 11.8. The lowest BCUT2D eigenvalue weighted by Crippen LogP contribution is -2.08. The molecule has 1 heterocycles. The molecule has 0 atom stereocenters. The van der Waals surface area contributed by atoms with Crippen molar-refractivity contribution in [2.45, 2.75) is 0 Å². The van der Waals surface area contributed by atoms with Crippen LogP contribution in [-0.2, 0) is 0 Å². The highest BCUT2D eigenvalue weighted by molar-refractivity contribution is 5.84. The van der Waals surface area contributed by atoms with Crippen LogP contribution in [0.5, 0.6) is 5.75 Å². The number of nitrogens with one attached hydrogen (secondary N) is 1. The van der Waals surface area contributed by atoms with Crippen molar-refractivity contribution in [3.63, 3.8) is 0 Å². The van der Waals surface area contributed by atoms with E-state index in [9.17, 15) is 14.9 Å². The molecule has 0 radical (unpaired) electrons. The van der Waals surface area contributed by atoms with Crippen LogP contribution in [0.2, 0.25) is 0 Å². The maximum atomic E-state index is 11.8. The Hall–Kier alpha value is -2.88. The van der Waals surface area contributed by atoms with E-state index < -0.39 is 10.4 Å². The largest absolute Gasteiger partial charge is 0.490 e. The number of H-pyrrole nitrogens is 1. The molecule has 1 aromatic heterocycles. The van der Waals surface area contributed by atoms with Crippen LogP contribution in [0.15, 0.2) is 23.1 Å². The molecule has 90 valence electrons. The van der Waals surface area contributed by atoms with Gasteiger partial charge in [0.2, 0.25) is 5.43 Å². The van der Waals surface area contributed by atoms with Gasteiger partial charge in [-0.1, -0.05) is 0 Å². The molecule has 2 rings (SSSR count). The Morgan fingerprint density at radius 3 is 2.78 bits per heavy atom. The lowest BCUT2D eigenvalue weighted by molar-refractivity contribution is -0.385. The fourth-order valence-electron chi connectivity index (χ4n) is 1.63. The molecule has 0 amide bonds. The summed E-state index contributed by atoms with van der Waals surface area (Å²) in [5.74, 6) is -0.0203. The Labute approximate surface area is 100 Å². The molecule has 0 saturated carbocycles. The number of aromatic nitrogens is 1. The van der Waals surface area contributed by atoms with Gasteiger partial charge < -0.3 is 9.72 Å². The minimum absolute atomic E-state index is 0.0203. The van der Waals surface area contributed by atoms with Gasteiger partial charge in [0.05, 0.1) is 22.9 Å². The third-order valence-corrected chi connectivity index (χ3v) is 2.50. The molecule has 18 heavy (non-hydrogen) atoms. The van der Waals surface area contributed by atoms with E-state index in [1.165, 1.54) is 25.4 Å². The Morgan fingerprint density at radius 2 is 2.22 bits per heavy atom. The number of rotatable bonds is 2. The van der Waals surface area contributed by atoms with Crippen LogP contribution in [0.25, 0.3) is 10.9 Å². The summed E-state index contributed by atoms with van der Waals surface area (Å²) >= 11 is 0. The average molecular weight is 245 g/mol. The van der Waals surface area contributed by atoms with Gasteiger partial charge >= 0.3 is 5.69 Å². The van der Waals surface area contributed by atoms with Gasteiger partial charge in [-0.25, -0.2) is 0 Å². The van der Waals surface area contributed by atoms with E-state index in [4.69, 9.17) is 10.00 Å². The van der Waals surface area contributed by atoms with Crippen LogP contribution in [-0.4, -0.2) is 17.0 Å². The number of nitrogens with zero attached hydrogens (tertiary/aromatic N) is 2. The van der Waals surface area contributed by atoms with Gasteiger partial charge in [-0.15, -0.1) is 0 Å². The lowest BCUT2D eigenvalue weighted by Gasteiger charge is -2.04. The predicted molar refractivity (Wildman–Crippen MR) is 62.5 cm³/mol. The highest BCUT2D eigenvalue weighted by Gasteiger charge is 2.18. The zero-order valence-electron chi connectivity index (χ0n) is 9.26. The van der Waals surface area contributed by atoms with E-state index in [-0.39, 0.29) is 27.9 Å². The van der Waals surface area contributed by atoms with Crippen molar-refractivity contribution < 1.29 is 9.66 Å². The number of pyridine rings is 1.